The second-order valence-electron chi connectivity index (χ2n) is 5.60. The zero-order valence-corrected chi connectivity index (χ0v) is 14.1. The molecule has 3 rings (SSSR count). The highest BCUT2D eigenvalue weighted by atomic mass is 35.5. The van der Waals surface area contributed by atoms with Crippen molar-refractivity contribution in [3.63, 3.8) is 0 Å². The van der Waals surface area contributed by atoms with Crippen LogP contribution in [0.5, 0.6) is 0 Å². The first-order chi connectivity index (χ1) is 11.2. The molecular formula is C18H17Cl2N3. The standard InChI is InChI=1S/C18H17Cl2N3/c1-2-13-3-6-18(22-10-13)23-8-7-16(12-23)21-11-14-4-5-15(19)9-17(14)20/h1,3-6,9-10,16,21H,7-8,11-12H2/t16-/m0/s1. The van der Waals surface area contributed by atoms with Crippen LogP contribution in [0, 0.1) is 12.3 Å². The minimum Gasteiger partial charge on any atom is -0.355 e. The van der Waals surface area contributed by atoms with Gasteiger partial charge >= 0.3 is 0 Å². The van der Waals surface area contributed by atoms with Gasteiger partial charge in [-0.2, -0.15) is 0 Å². The average Bonchev–Trinajstić information content (AvgIpc) is 3.03. The predicted octanol–water partition coefficient (Wildman–Crippen LogP) is 3.74. The van der Waals surface area contributed by atoms with E-state index >= 15 is 0 Å². The van der Waals surface area contributed by atoms with E-state index in [2.05, 4.69) is 21.1 Å². The molecule has 1 aliphatic heterocycles. The van der Waals surface area contributed by atoms with Crippen LogP contribution in [0.2, 0.25) is 10.0 Å². The summed E-state index contributed by atoms with van der Waals surface area (Å²) in [5.74, 6) is 3.56. The monoisotopic (exact) mass is 345 g/mol. The maximum Gasteiger partial charge on any atom is 0.128 e. The zero-order valence-electron chi connectivity index (χ0n) is 12.6. The molecule has 1 atom stereocenters. The lowest BCUT2D eigenvalue weighted by Gasteiger charge is -2.18. The fourth-order valence-electron chi connectivity index (χ4n) is 2.71. The molecule has 0 amide bonds. The molecule has 0 unspecified atom stereocenters. The Labute approximate surface area is 146 Å². The van der Waals surface area contributed by atoms with Crippen LogP contribution >= 0.6 is 23.2 Å². The Morgan fingerprint density at radius 3 is 2.87 bits per heavy atom. The summed E-state index contributed by atoms with van der Waals surface area (Å²) in [5, 5.41) is 4.91. The molecule has 3 nitrogen and oxygen atoms in total. The molecule has 0 aliphatic carbocycles. The number of nitrogens with one attached hydrogen (secondary N) is 1. The summed E-state index contributed by atoms with van der Waals surface area (Å²) < 4.78 is 0. The molecule has 1 N–H and O–H groups in total. The van der Waals surface area contributed by atoms with Gasteiger partial charge in [-0.05, 0) is 36.2 Å². The molecule has 2 heterocycles. The second kappa shape index (κ2) is 7.23. The minimum absolute atomic E-state index is 0.413. The molecule has 1 saturated heterocycles. The first kappa shape index (κ1) is 16.1. The molecule has 2 aromatic rings. The topological polar surface area (TPSA) is 28.2 Å². The van der Waals surface area contributed by atoms with E-state index in [0.29, 0.717) is 16.1 Å². The Morgan fingerprint density at radius 1 is 1.30 bits per heavy atom. The van der Waals surface area contributed by atoms with Crippen molar-refractivity contribution in [2.24, 2.45) is 0 Å². The Balaban J connectivity index is 1.56. The van der Waals surface area contributed by atoms with E-state index in [1.165, 1.54) is 0 Å². The molecule has 5 heteroatoms. The van der Waals surface area contributed by atoms with Crippen LogP contribution in [-0.2, 0) is 6.54 Å². The van der Waals surface area contributed by atoms with Crippen LogP contribution in [-0.4, -0.2) is 24.1 Å². The molecule has 0 saturated carbocycles. The fourth-order valence-corrected chi connectivity index (χ4v) is 3.19. The van der Waals surface area contributed by atoms with Gasteiger partial charge in [-0.3, -0.25) is 0 Å². The van der Waals surface area contributed by atoms with E-state index in [9.17, 15) is 0 Å². The third-order valence-electron chi connectivity index (χ3n) is 4.02. The zero-order chi connectivity index (χ0) is 16.2. The van der Waals surface area contributed by atoms with Crippen LogP contribution in [0.4, 0.5) is 5.82 Å². The van der Waals surface area contributed by atoms with Crippen molar-refractivity contribution in [2.45, 2.75) is 19.0 Å². The maximum atomic E-state index is 6.21. The second-order valence-corrected chi connectivity index (χ2v) is 6.44. The molecule has 1 aromatic heterocycles. The van der Waals surface area contributed by atoms with Gasteiger partial charge in [0.2, 0.25) is 0 Å². The summed E-state index contributed by atoms with van der Waals surface area (Å²) in [6.45, 7) is 2.64. The molecule has 23 heavy (non-hydrogen) atoms. The molecule has 0 bridgehead atoms. The lowest BCUT2D eigenvalue weighted by Crippen LogP contribution is -2.32. The number of terminal acetylenes is 1. The number of nitrogens with zero attached hydrogens (tertiary/aromatic N) is 2. The predicted molar refractivity (Wildman–Crippen MR) is 96.1 cm³/mol. The van der Waals surface area contributed by atoms with E-state index in [1.54, 1.807) is 12.3 Å². The van der Waals surface area contributed by atoms with Gasteiger partial charge in [0.25, 0.3) is 0 Å². The van der Waals surface area contributed by atoms with Crippen molar-refractivity contribution < 1.29 is 0 Å². The lowest BCUT2D eigenvalue weighted by atomic mass is 10.2. The van der Waals surface area contributed by atoms with Gasteiger partial charge in [0.05, 0.1) is 0 Å². The Morgan fingerprint density at radius 2 is 2.17 bits per heavy atom. The Kier molecular flexibility index (Phi) is 5.07. The third kappa shape index (κ3) is 3.97. The van der Waals surface area contributed by atoms with Gasteiger partial charge in [-0.15, -0.1) is 6.42 Å². The summed E-state index contributed by atoms with van der Waals surface area (Å²) in [5.41, 5.74) is 1.87. The number of pyridine rings is 1. The molecule has 1 fully saturated rings. The van der Waals surface area contributed by atoms with Crippen LogP contribution in [0.1, 0.15) is 17.5 Å². The van der Waals surface area contributed by atoms with E-state index in [-0.39, 0.29) is 0 Å². The number of anilines is 1. The van der Waals surface area contributed by atoms with Crippen LogP contribution in [0.25, 0.3) is 0 Å². The Hall–Kier alpha value is -1.73. The number of halogens is 2. The van der Waals surface area contributed by atoms with Crippen LogP contribution in [0.3, 0.4) is 0 Å². The average molecular weight is 346 g/mol. The van der Waals surface area contributed by atoms with E-state index in [4.69, 9.17) is 29.6 Å². The molecular weight excluding hydrogens is 329 g/mol. The van der Waals surface area contributed by atoms with Crippen molar-refractivity contribution in [2.75, 3.05) is 18.0 Å². The number of hydrogen-bond acceptors (Lipinski definition) is 3. The van der Waals surface area contributed by atoms with Gasteiger partial charge < -0.3 is 10.2 Å². The van der Waals surface area contributed by atoms with Crippen molar-refractivity contribution in [1.29, 1.82) is 0 Å². The highest BCUT2D eigenvalue weighted by molar-refractivity contribution is 6.35. The molecule has 0 radical (unpaired) electrons. The molecule has 118 valence electrons. The molecule has 0 spiro atoms. The van der Waals surface area contributed by atoms with Crippen molar-refractivity contribution in [3.8, 4) is 12.3 Å². The summed E-state index contributed by atoms with van der Waals surface area (Å²) in [6.07, 6.45) is 8.17. The van der Waals surface area contributed by atoms with Gasteiger partial charge in [0, 0.05) is 47.5 Å². The van der Waals surface area contributed by atoms with Crippen molar-refractivity contribution in [1.82, 2.24) is 10.3 Å². The van der Waals surface area contributed by atoms with Gasteiger partial charge in [0.15, 0.2) is 0 Å². The number of hydrogen-bond donors (Lipinski definition) is 1. The highest BCUT2D eigenvalue weighted by Crippen LogP contribution is 2.22. The van der Waals surface area contributed by atoms with Crippen LogP contribution < -0.4 is 10.2 Å². The van der Waals surface area contributed by atoms with E-state index < -0.39 is 0 Å². The van der Waals surface area contributed by atoms with E-state index in [1.807, 2.05) is 24.3 Å². The summed E-state index contributed by atoms with van der Waals surface area (Å²) in [7, 11) is 0. The quantitative estimate of drug-likeness (QED) is 0.855. The normalized spacial score (nSPS) is 17.3. The van der Waals surface area contributed by atoms with Crippen molar-refractivity contribution in [3.05, 3.63) is 57.7 Å². The number of benzene rings is 1. The van der Waals surface area contributed by atoms with Crippen LogP contribution in [0.15, 0.2) is 36.5 Å². The van der Waals surface area contributed by atoms with Gasteiger partial charge in [0.1, 0.15) is 5.82 Å². The lowest BCUT2D eigenvalue weighted by molar-refractivity contribution is 0.551. The largest absolute Gasteiger partial charge is 0.355 e. The smallest absolute Gasteiger partial charge is 0.128 e. The van der Waals surface area contributed by atoms with Gasteiger partial charge in [-0.1, -0.05) is 35.2 Å². The number of aromatic nitrogens is 1. The first-order valence-electron chi connectivity index (χ1n) is 7.50. The summed E-state index contributed by atoms with van der Waals surface area (Å²) >= 11 is 12.1. The SMILES string of the molecule is C#Cc1ccc(N2CC[C@H](NCc3ccc(Cl)cc3Cl)C2)nc1. The first-order valence-corrected chi connectivity index (χ1v) is 8.26. The number of rotatable bonds is 4. The van der Waals surface area contributed by atoms with E-state index in [0.717, 1.165) is 43.0 Å². The fraction of sp³-hybridized carbons (Fsp3) is 0.278. The summed E-state index contributed by atoms with van der Waals surface area (Å²) in [6, 6.07) is 9.92. The molecule has 1 aromatic carbocycles. The molecule has 1 aliphatic rings. The minimum atomic E-state index is 0.413. The maximum absolute atomic E-state index is 6.21. The highest BCUT2D eigenvalue weighted by Gasteiger charge is 2.23. The Bertz CT molecular complexity index is 722. The third-order valence-corrected chi connectivity index (χ3v) is 4.61. The summed E-state index contributed by atoms with van der Waals surface area (Å²) in [4.78, 5) is 6.69. The van der Waals surface area contributed by atoms with Crippen molar-refractivity contribution >= 4 is 29.0 Å². The van der Waals surface area contributed by atoms with Gasteiger partial charge in [-0.25, -0.2) is 4.98 Å².